The van der Waals surface area contributed by atoms with E-state index in [1.165, 1.54) is 11.1 Å². The number of nitrogens with zero attached hydrogens (tertiary/aromatic N) is 3. The van der Waals surface area contributed by atoms with E-state index < -0.39 is 0 Å². The lowest BCUT2D eigenvalue weighted by atomic mass is 9.76. The first-order chi connectivity index (χ1) is 20.4. The zero-order valence-electron chi connectivity index (χ0n) is 24.4. The van der Waals surface area contributed by atoms with Crippen molar-refractivity contribution in [3.05, 3.63) is 100 Å². The maximum Gasteiger partial charge on any atom is 0.229 e. The van der Waals surface area contributed by atoms with Gasteiger partial charge in [0.05, 0.1) is 18.9 Å². The molecule has 2 atom stereocenters. The highest BCUT2D eigenvalue weighted by atomic mass is 79.9. The average Bonchev–Trinajstić information content (AvgIpc) is 3.57. The summed E-state index contributed by atoms with van der Waals surface area (Å²) in [4.78, 5) is 33.7. The van der Waals surface area contributed by atoms with Crippen LogP contribution in [0.4, 0.5) is 0 Å². The Balaban J connectivity index is 1.08. The molecule has 0 saturated carbocycles. The van der Waals surface area contributed by atoms with Gasteiger partial charge in [0.2, 0.25) is 11.8 Å². The summed E-state index contributed by atoms with van der Waals surface area (Å²) in [7, 11) is 1.65. The molecular weight excluding hydrogens is 590 g/mol. The van der Waals surface area contributed by atoms with Crippen LogP contribution in [0.25, 0.3) is 0 Å². The highest BCUT2D eigenvalue weighted by Gasteiger charge is 2.48. The van der Waals surface area contributed by atoms with Gasteiger partial charge in [-0.05, 0) is 79.2 Å². The summed E-state index contributed by atoms with van der Waals surface area (Å²) in [5, 5.41) is 0. The van der Waals surface area contributed by atoms with E-state index >= 15 is 0 Å². The number of halogens is 1. The monoisotopic (exact) mass is 629 g/mol. The highest BCUT2D eigenvalue weighted by molar-refractivity contribution is 9.10. The Kier molecular flexibility index (Phi) is 8.68. The van der Waals surface area contributed by atoms with Gasteiger partial charge in [-0.3, -0.25) is 9.59 Å². The molecular formula is C35H40BrN3O3. The van der Waals surface area contributed by atoms with Crippen LogP contribution in [0.5, 0.6) is 5.75 Å². The number of amides is 2. The Hall–Kier alpha value is -3.16. The zero-order valence-corrected chi connectivity index (χ0v) is 26.0. The van der Waals surface area contributed by atoms with E-state index in [1.54, 1.807) is 7.11 Å². The summed E-state index contributed by atoms with van der Waals surface area (Å²) < 4.78 is 6.42. The number of methoxy groups -OCH3 is 1. The van der Waals surface area contributed by atoms with E-state index in [1.807, 2.05) is 36.4 Å². The topological polar surface area (TPSA) is 53.1 Å². The molecule has 6 nitrogen and oxygen atoms in total. The van der Waals surface area contributed by atoms with Crippen molar-refractivity contribution in [1.82, 2.24) is 14.7 Å². The molecule has 3 aromatic rings. The van der Waals surface area contributed by atoms with Crippen molar-refractivity contribution in [2.24, 2.45) is 11.3 Å². The molecule has 42 heavy (non-hydrogen) atoms. The smallest absolute Gasteiger partial charge is 0.229 e. The SMILES string of the molecule is COc1cccc(CC(=O)N2CC(CN3CCC4(CC3)CCN(Cc3ccc(Br)cc3)C4=O)C(c3ccccc3)C2)c1. The largest absolute Gasteiger partial charge is 0.497 e. The molecule has 6 rings (SSSR count). The minimum atomic E-state index is -0.209. The van der Waals surface area contributed by atoms with Crippen LogP contribution < -0.4 is 4.74 Å². The van der Waals surface area contributed by atoms with Crippen LogP contribution in [-0.4, -0.2) is 72.9 Å². The van der Waals surface area contributed by atoms with Crippen molar-refractivity contribution in [1.29, 1.82) is 0 Å². The summed E-state index contributed by atoms with van der Waals surface area (Å²) in [6, 6.07) is 26.8. The molecule has 3 aromatic carbocycles. The molecule has 220 valence electrons. The maximum atomic E-state index is 13.6. The van der Waals surface area contributed by atoms with Crippen molar-refractivity contribution >= 4 is 27.7 Å². The van der Waals surface area contributed by atoms with Gasteiger partial charge in [0.1, 0.15) is 5.75 Å². The van der Waals surface area contributed by atoms with Crippen LogP contribution in [0.15, 0.2) is 83.3 Å². The van der Waals surface area contributed by atoms with Crippen LogP contribution in [-0.2, 0) is 22.6 Å². The second-order valence-corrected chi connectivity index (χ2v) is 13.2. The van der Waals surface area contributed by atoms with Crippen LogP contribution in [0.3, 0.4) is 0 Å². The summed E-state index contributed by atoms with van der Waals surface area (Å²) >= 11 is 3.50. The standard InChI is InChI=1S/C35H40BrN3O3/c1-42-31-9-5-6-27(20-31)21-33(40)39-24-29(32(25-39)28-7-3-2-4-8-28)23-37-17-14-35(15-18-37)16-19-38(34(35)41)22-26-10-12-30(36)13-11-26/h2-13,20,29,32H,14-19,21-25H2,1H3. The van der Waals surface area contributed by atoms with Gasteiger partial charge in [-0.2, -0.15) is 0 Å². The molecule has 0 radical (unpaired) electrons. The van der Waals surface area contributed by atoms with Gasteiger partial charge < -0.3 is 19.4 Å². The molecule has 0 aliphatic carbocycles. The Morgan fingerprint density at radius 3 is 2.38 bits per heavy atom. The summed E-state index contributed by atoms with van der Waals surface area (Å²) in [5.74, 6) is 1.96. The molecule has 0 aromatic heterocycles. The number of ether oxygens (including phenoxy) is 1. The van der Waals surface area contributed by atoms with E-state index in [9.17, 15) is 9.59 Å². The van der Waals surface area contributed by atoms with E-state index in [0.717, 1.165) is 74.3 Å². The average molecular weight is 631 g/mol. The van der Waals surface area contributed by atoms with E-state index in [4.69, 9.17) is 4.74 Å². The van der Waals surface area contributed by atoms with Crippen molar-refractivity contribution in [3.63, 3.8) is 0 Å². The van der Waals surface area contributed by atoms with Crippen LogP contribution >= 0.6 is 15.9 Å². The minimum Gasteiger partial charge on any atom is -0.497 e. The lowest BCUT2D eigenvalue weighted by molar-refractivity contribution is -0.139. The fraction of sp³-hybridized carbons (Fsp3) is 0.429. The Morgan fingerprint density at radius 2 is 1.64 bits per heavy atom. The number of likely N-dealkylation sites (tertiary alicyclic amines) is 3. The first-order valence-electron chi connectivity index (χ1n) is 15.1. The van der Waals surface area contributed by atoms with Crippen molar-refractivity contribution in [2.45, 2.75) is 38.1 Å². The van der Waals surface area contributed by atoms with Crippen LogP contribution in [0.1, 0.15) is 41.9 Å². The summed E-state index contributed by atoms with van der Waals surface area (Å²) in [5.41, 5.74) is 3.26. The molecule has 3 aliphatic heterocycles. The molecule has 3 saturated heterocycles. The molecule has 3 heterocycles. The van der Waals surface area contributed by atoms with Gasteiger partial charge in [-0.25, -0.2) is 0 Å². The predicted octanol–water partition coefficient (Wildman–Crippen LogP) is 5.76. The van der Waals surface area contributed by atoms with Crippen LogP contribution in [0.2, 0.25) is 0 Å². The second-order valence-electron chi connectivity index (χ2n) is 12.3. The third-order valence-electron chi connectivity index (χ3n) is 9.70. The third-order valence-corrected chi connectivity index (χ3v) is 10.2. The number of carbonyl (C=O) groups excluding carboxylic acids is 2. The molecule has 3 aliphatic rings. The molecule has 1 spiro atoms. The number of benzene rings is 3. The molecule has 0 bridgehead atoms. The van der Waals surface area contributed by atoms with Gasteiger partial charge in [0.15, 0.2) is 0 Å². The van der Waals surface area contributed by atoms with E-state index in [2.05, 4.69) is 73.1 Å². The van der Waals surface area contributed by atoms with Gasteiger partial charge in [0, 0.05) is 43.1 Å². The van der Waals surface area contributed by atoms with Crippen molar-refractivity contribution in [2.75, 3.05) is 46.4 Å². The number of carbonyl (C=O) groups is 2. The van der Waals surface area contributed by atoms with E-state index in [0.29, 0.717) is 30.7 Å². The normalized spacial score (nSPS) is 22.2. The summed E-state index contributed by atoms with van der Waals surface area (Å²) in [6.07, 6.45) is 3.18. The van der Waals surface area contributed by atoms with Crippen molar-refractivity contribution in [3.8, 4) is 5.75 Å². The van der Waals surface area contributed by atoms with E-state index in [-0.39, 0.29) is 11.3 Å². The lowest BCUT2D eigenvalue weighted by Gasteiger charge is -2.39. The maximum absolute atomic E-state index is 13.6. The highest BCUT2D eigenvalue weighted by Crippen LogP contribution is 2.43. The summed E-state index contributed by atoms with van der Waals surface area (Å²) in [6.45, 7) is 5.88. The number of hydrogen-bond donors (Lipinski definition) is 0. The molecule has 2 unspecified atom stereocenters. The van der Waals surface area contributed by atoms with Gasteiger partial charge in [-0.15, -0.1) is 0 Å². The molecule has 0 N–H and O–H groups in total. The van der Waals surface area contributed by atoms with Crippen molar-refractivity contribution < 1.29 is 14.3 Å². The Labute approximate surface area is 257 Å². The fourth-order valence-corrected chi connectivity index (χ4v) is 7.48. The number of hydrogen-bond acceptors (Lipinski definition) is 4. The lowest BCUT2D eigenvalue weighted by Crippen LogP contribution is -2.46. The first kappa shape index (κ1) is 28.9. The minimum absolute atomic E-state index is 0.173. The first-order valence-corrected chi connectivity index (χ1v) is 15.9. The van der Waals surface area contributed by atoms with Crippen LogP contribution in [0, 0.1) is 11.3 Å². The quantitative estimate of drug-likeness (QED) is 0.318. The van der Waals surface area contributed by atoms with Gasteiger partial charge in [0.25, 0.3) is 0 Å². The number of rotatable bonds is 8. The predicted molar refractivity (Wildman–Crippen MR) is 168 cm³/mol. The third kappa shape index (κ3) is 6.28. The zero-order chi connectivity index (χ0) is 29.1. The Morgan fingerprint density at radius 1 is 0.905 bits per heavy atom. The van der Waals surface area contributed by atoms with Gasteiger partial charge >= 0.3 is 0 Å². The molecule has 2 amide bonds. The van der Waals surface area contributed by atoms with Gasteiger partial charge in [-0.1, -0.05) is 70.5 Å². The molecule has 3 fully saturated rings. The Bertz CT molecular complexity index is 1390. The number of piperidine rings is 1. The second kappa shape index (κ2) is 12.6. The fourth-order valence-electron chi connectivity index (χ4n) is 7.22. The molecule has 7 heteroatoms.